The number of rotatable bonds is 4. The van der Waals surface area contributed by atoms with Crippen molar-refractivity contribution in [2.75, 3.05) is 32.1 Å². The van der Waals surface area contributed by atoms with E-state index in [4.69, 9.17) is 4.74 Å². The number of carbonyl (C=O) groups is 1. The van der Waals surface area contributed by atoms with Gasteiger partial charge in [-0.15, -0.1) is 0 Å². The van der Waals surface area contributed by atoms with Gasteiger partial charge in [0.1, 0.15) is 5.75 Å². The van der Waals surface area contributed by atoms with Crippen molar-refractivity contribution >= 4 is 11.6 Å². The predicted molar refractivity (Wildman–Crippen MR) is 76.5 cm³/mol. The SMILES string of the molecule is COc1ccc(NCC(=O)N2CCC(C)CC2)cc1. The maximum absolute atomic E-state index is 12.0. The Kier molecular flexibility index (Phi) is 4.66. The summed E-state index contributed by atoms with van der Waals surface area (Å²) < 4.78 is 5.10. The molecule has 0 spiro atoms. The van der Waals surface area contributed by atoms with Gasteiger partial charge in [0.05, 0.1) is 13.7 Å². The standard InChI is InChI=1S/C15H22N2O2/c1-12-7-9-17(10-8-12)15(18)11-16-13-3-5-14(19-2)6-4-13/h3-6,12,16H,7-11H2,1-2H3. The Morgan fingerprint density at radius 2 is 1.95 bits per heavy atom. The molecule has 0 aliphatic carbocycles. The summed E-state index contributed by atoms with van der Waals surface area (Å²) in [7, 11) is 1.64. The van der Waals surface area contributed by atoms with Crippen LogP contribution < -0.4 is 10.1 Å². The Bertz CT molecular complexity index is 409. The van der Waals surface area contributed by atoms with E-state index in [0.717, 1.165) is 43.3 Å². The number of benzene rings is 1. The first-order valence-corrected chi connectivity index (χ1v) is 6.84. The number of hydrogen-bond donors (Lipinski definition) is 1. The van der Waals surface area contributed by atoms with Crippen molar-refractivity contribution < 1.29 is 9.53 Å². The molecule has 19 heavy (non-hydrogen) atoms. The average molecular weight is 262 g/mol. The third kappa shape index (κ3) is 3.88. The van der Waals surface area contributed by atoms with Gasteiger partial charge < -0.3 is 15.0 Å². The number of nitrogens with zero attached hydrogens (tertiary/aromatic N) is 1. The summed E-state index contributed by atoms with van der Waals surface area (Å²) in [6, 6.07) is 7.61. The van der Waals surface area contributed by atoms with Crippen LogP contribution in [0.4, 0.5) is 5.69 Å². The van der Waals surface area contributed by atoms with Gasteiger partial charge >= 0.3 is 0 Å². The van der Waals surface area contributed by atoms with E-state index in [-0.39, 0.29) is 5.91 Å². The van der Waals surface area contributed by atoms with Crippen LogP contribution in [0.3, 0.4) is 0 Å². The minimum atomic E-state index is 0.183. The molecule has 0 aromatic heterocycles. The zero-order valence-electron chi connectivity index (χ0n) is 11.7. The zero-order valence-corrected chi connectivity index (χ0v) is 11.7. The van der Waals surface area contributed by atoms with Gasteiger partial charge in [-0.05, 0) is 43.0 Å². The fourth-order valence-corrected chi connectivity index (χ4v) is 2.26. The van der Waals surface area contributed by atoms with Gasteiger partial charge in [0.15, 0.2) is 0 Å². The highest BCUT2D eigenvalue weighted by Gasteiger charge is 2.19. The number of likely N-dealkylation sites (tertiary alicyclic amines) is 1. The van der Waals surface area contributed by atoms with Gasteiger partial charge in [0.25, 0.3) is 0 Å². The molecule has 1 aromatic carbocycles. The van der Waals surface area contributed by atoms with Crippen LogP contribution in [0.5, 0.6) is 5.75 Å². The zero-order chi connectivity index (χ0) is 13.7. The minimum absolute atomic E-state index is 0.183. The van der Waals surface area contributed by atoms with Crippen molar-refractivity contribution in [2.45, 2.75) is 19.8 Å². The van der Waals surface area contributed by atoms with Crippen molar-refractivity contribution in [1.29, 1.82) is 0 Å². The third-order valence-electron chi connectivity index (χ3n) is 3.67. The number of carbonyl (C=O) groups excluding carboxylic acids is 1. The summed E-state index contributed by atoms with van der Waals surface area (Å²) >= 11 is 0. The maximum Gasteiger partial charge on any atom is 0.241 e. The molecule has 1 saturated heterocycles. The summed E-state index contributed by atoms with van der Waals surface area (Å²) in [5.41, 5.74) is 0.944. The van der Waals surface area contributed by atoms with Crippen LogP contribution in [0, 0.1) is 5.92 Å². The lowest BCUT2D eigenvalue weighted by Crippen LogP contribution is -2.40. The van der Waals surface area contributed by atoms with E-state index in [1.54, 1.807) is 7.11 Å². The van der Waals surface area contributed by atoms with Gasteiger partial charge in [-0.1, -0.05) is 6.92 Å². The molecule has 104 valence electrons. The molecule has 0 unspecified atom stereocenters. The average Bonchev–Trinajstić information content (AvgIpc) is 2.46. The highest BCUT2D eigenvalue weighted by atomic mass is 16.5. The molecule has 1 heterocycles. The smallest absolute Gasteiger partial charge is 0.241 e. The molecule has 0 bridgehead atoms. The van der Waals surface area contributed by atoms with Gasteiger partial charge in [-0.2, -0.15) is 0 Å². The molecule has 0 radical (unpaired) electrons. The van der Waals surface area contributed by atoms with E-state index in [1.807, 2.05) is 29.2 Å². The fraction of sp³-hybridized carbons (Fsp3) is 0.533. The monoisotopic (exact) mass is 262 g/mol. The molecular formula is C15H22N2O2. The normalized spacial score (nSPS) is 16.2. The Labute approximate surface area is 114 Å². The number of piperidine rings is 1. The summed E-state index contributed by atoms with van der Waals surface area (Å²) in [4.78, 5) is 14.0. The highest BCUT2D eigenvalue weighted by molar-refractivity contribution is 5.81. The van der Waals surface area contributed by atoms with Crippen LogP contribution in [-0.4, -0.2) is 37.6 Å². The number of nitrogens with one attached hydrogen (secondary N) is 1. The van der Waals surface area contributed by atoms with Crippen LogP contribution in [0.2, 0.25) is 0 Å². The Balaban J connectivity index is 1.79. The van der Waals surface area contributed by atoms with Gasteiger partial charge in [0.2, 0.25) is 5.91 Å². The summed E-state index contributed by atoms with van der Waals surface area (Å²) in [6.45, 7) is 4.40. The van der Waals surface area contributed by atoms with Crippen molar-refractivity contribution in [3.8, 4) is 5.75 Å². The second kappa shape index (κ2) is 6.45. The first-order valence-electron chi connectivity index (χ1n) is 6.84. The van der Waals surface area contributed by atoms with E-state index < -0.39 is 0 Å². The van der Waals surface area contributed by atoms with Crippen molar-refractivity contribution in [3.63, 3.8) is 0 Å². The van der Waals surface area contributed by atoms with E-state index >= 15 is 0 Å². The van der Waals surface area contributed by atoms with Crippen molar-refractivity contribution in [1.82, 2.24) is 4.90 Å². The molecule has 1 N–H and O–H groups in total. The van der Waals surface area contributed by atoms with E-state index in [1.165, 1.54) is 0 Å². The van der Waals surface area contributed by atoms with Gasteiger partial charge in [-0.3, -0.25) is 4.79 Å². The molecule has 1 aliphatic rings. The Hall–Kier alpha value is -1.71. The van der Waals surface area contributed by atoms with Gasteiger partial charge in [0, 0.05) is 18.8 Å². The molecule has 1 amide bonds. The molecule has 0 atom stereocenters. The quantitative estimate of drug-likeness (QED) is 0.905. The van der Waals surface area contributed by atoms with Crippen molar-refractivity contribution in [3.05, 3.63) is 24.3 Å². The Morgan fingerprint density at radius 1 is 1.32 bits per heavy atom. The van der Waals surface area contributed by atoms with E-state index in [9.17, 15) is 4.79 Å². The first kappa shape index (κ1) is 13.7. The van der Waals surface area contributed by atoms with Crippen LogP contribution in [0.1, 0.15) is 19.8 Å². The van der Waals surface area contributed by atoms with Crippen LogP contribution in [-0.2, 0) is 4.79 Å². The number of methoxy groups -OCH3 is 1. The highest BCUT2D eigenvalue weighted by Crippen LogP contribution is 2.17. The summed E-state index contributed by atoms with van der Waals surface area (Å²) in [5.74, 6) is 1.75. The lowest BCUT2D eigenvalue weighted by atomic mass is 9.99. The number of hydrogen-bond acceptors (Lipinski definition) is 3. The number of amides is 1. The van der Waals surface area contributed by atoms with E-state index in [2.05, 4.69) is 12.2 Å². The second-order valence-corrected chi connectivity index (χ2v) is 5.15. The minimum Gasteiger partial charge on any atom is -0.497 e. The van der Waals surface area contributed by atoms with Crippen LogP contribution >= 0.6 is 0 Å². The van der Waals surface area contributed by atoms with Crippen LogP contribution in [0.15, 0.2) is 24.3 Å². The lowest BCUT2D eigenvalue weighted by molar-refractivity contribution is -0.130. The fourth-order valence-electron chi connectivity index (χ4n) is 2.26. The maximum atomic E-state index is 12.0. The van der Waals surface area contributed by atoms with Crippen LogP contribution in [0.25, 0.3) is 0 Å². The second-order valence-electron chi connectivity index (χ2n) is 5.15. The topological polar surface area (TPSA) is 41.6 Å². The summed E-state index contributed by atoms with van der Waals surface area (Å²) in [6.07, 6.45) is 2.24. The van der Waals surface area contributed by atoms with Crippen molar-refractivity contribution in [2.24, 2.45) is 5.92 Å². The molecule has 1 aliphatic heterocycles. The molecule has 1 fully saturated rings. The number of anilines is 1. The predicted octanol–water partition coefficient (Wildman–Crippen LogP) is 2.37. The molecule has 2 rings (SSSR count). The molecule has 4 nitrogen and oxygen atoms in total. The largest absolute Gasteiger partial charge is 0.497 e. The Morgan fingerprint density at radius 3 is 2.53 bits per heavy atom. The summed E-state index contributed by atoms with van der Waals surface area (Å²) in [5, 5.41) is 3.16. The van der Waals surface area contributed by atoms with E-state index in [0.29, 0.717) is 6.54 Å². The number of ether oxygens (including phenoxy) is 1. The molecular weight excluding hydrogens is 240 g/mol. The van der Waals surface area contributed by atoms with Gasteiger partial charge in [-0.25, -0.2) is 0 Å². The third-order valence-corrected chi connectivity index (χ3v) is 3.67. The molecule has 4 heteroatoms. The molecule has 1 aromatic rings. The lowest BCUT2D eigenvalue weighted by Gasteiger charge is -2.30. The molecule has 0 saturated carbocycles. The first-order chi connectivity index (χ1) is 9.19.